The van der Waals surface area contributed by atoms with Crippen molar-refractivity contribution >= 4 is 5.96 Å². The number of guanidine groups is 1. The number of aromatic amines is 1. The molecule has 9 nitrogen and oxygen atoms in total. The lowest BCUT2D eigenvalue weighted by molar-refractivity contribution is 0.254. The van der Waals surface area contributed by atoms with Crippen LogP contribution in [0.3, 0.4) is 0 Å². The van der Waals surface area contributed by atoms with Gasteiger partial charge in [-0.3, -0.25) is 10.1 Å². The Labute approximate surface area is 181 Å². The largest absolute Gasteiger partial charge is 0.494 e. The van der Waals surface area contributed by atoms with E-state index < -0.39 is 0 Å². The first-order valence-electron chi connectivity index (χ1n) is 10.5. The van der Waals surface area contributed by atoms with Crippen LogP contribution in [0.2, 0.25) is 0 Å². The van der Waals surface area contributed by atoms with Crippen LogP contribution < -0.4 is 20.1 Å². The van der Waals surface area contributed by atoms with E-state index in [-0.39, 0.29) is 6.10 Å². The molecule has 0 saturated heterocycles. The second-order valence-electron chi connectivity index (χ2n) is 7.32. The molecule has 3 aromatic rings. The van der Waals surface area contributed by atoms with Crippen LogP contribution >= 0.6 is 0 Å². The van der Waals surface area contributed by atoms with E-state index >= 15 is 0 Å². The van der Waals surface area contributed by atoms with Crippen LogP contribution in [0.1, 0.15) is 30.8 Å². The minimum absolute atomic E-state index is 0.200. The Morgan fingerprint density at radius 3 is 3.03 bits per heavy atom. The second kappa shape index (κ2) is 9.55. The van der Waals surface area contributed by atoms with Gasteiger partial charge >= 0.3 is 0 Å². The lowest BCUT2D eigenvalue weighted by Crippen LogP contribution is -2.38. The minimum Gasteiger partial charge on any atom is -0.494 e. The van der Waals surface area contributed by atoms with Crippen LogP contribution in [0.4, 0.5) is 0 Å². The topological polar surface area (TPSA) is 110 Å². The van der Waals surface area contributed by atoms with Crippen molar-refractivity contribution in [3.05, 3.63) is 47.5 Å². The van der Waals surface area contributed by atoms with E-state index in [1.54, 1.807) is 13.3 Å². The predicted octanol–water partition coefficient (Wildman–Crippen LogP) is 2.69. The zero-order valence-electron chi connectivity index (χ0n) is 18.1. The van der Waals surface area contributed by atoms with Crippen molar-refractivity contribution in [2.24, 2.45) is 4.99 Å². The maximum Gasteiger partial charge on any atom is 0.216 e. The van der Waals surface area contributed by atoms with Crippen LogP contribution in [0.5, 0.6) is 11.5 Å². The molecule has 31 heavy (non-hydrogen) atoms. The van der Waals surface area contributed by atoms with E-state index in [1.165, 1.54) is 5.56 Å². The predicted molar refractivity (Wildman–Crippen MR) is 117 cm³/mol. The fraction of sp³-hybridized carbons (Fsp3) is 0.409. The van der Waals surface area contributed by atoms with Gasteiger partial charge in [-0.1, -0.05) is 0 Å². The van der Waals surface area contributed by atoms with Gasteiger partial charge in [0.25, 0.3) is 0 Å². The number of aliphatic imine (C=N–C) groups is 1. The maximum atomic E-state index is 5.90. The van der Waals surface area contributed by atoms with Gasteiger partial charge in [0.2, 0.25) is 5.82 Å². The van der Waals surface area contributed by atoms with Crippen molar-refractivity contribution < 1.29 is 13.9 Å². The SMILES string of the molecule is CCOc1cc2c(cc1CNC(=NC)NCCc1nc(-c3ccco3)n[nH]1)OC(C)C2. The summed E-state index contributed by atoms with van der Waals surface area (Å²) in [6.07, 6.45) is 3.39. The molecular formula is C22H28N6O3. The highest BCUT2D eigenvalue weighted by atomic mass is 16.5. The molecule has 1 atom stereocenters. The summed E-state index contributed by atoms with van der Waals surface area (Å²) in [4.78, 5) is 8.75. The number of furan rings is 1. The van der Waals surface area contributed by atoms with Gasteiger partial charge in [0.05, 0.1) is 12.9 Å². The van der Waals surface area contributed by atoms with Gasteiger partial charge in [-0.15, -0.1) is 0 Å². The quantitative estimate of drug-likeness (QED) is 0.377. The summed E-state index contributed by atoms with van der Waals surface area (Å²) in [5.74, 6) is 4.49. The average Bonchev–Trinajstić information content (AvgIpc) is 3.50. The van der Waals surface area contributed by atoms with Gasteiger partial charge in [-0.25, -0.2) is 4.98 Å². The smallest absolute Gasteiger partial charge is 0.216 e. The molecule has 0 spiro atoms. The van der Waals surface area contributed by atoms with E-state index in [9.17, 15) is 0 Å². The number of fused-ring (bicyclic) bond motifs is 1. The molecule has 9 heteroatoms. The highest BCUT2D eigenvalue weighted by molar-refractivity contribution is 5.79. The molecule has 3 heterocycles. The average molecular weight is 425 g/mol. The van der Waals surface area contributed by atoms with E-state index in [0.717, 1.165) is 29.3 Å². The van der Waals surface area contributed by atoms with E-state index in [4.69, 9.17) is 13.9 Å². The molecule has 0 bridgehead atoms. The number of hydrogen-bond acceptors (Lipinski definition) is 6. The molecule has 1 unspecified atom stereocenters. The number of aromatic nitrogens is 3. The van der Waals surface area contributed by atoms with E-state index in [2.05, 4.69) is 49.9 Å². The Balaban J connectivity index is 1.31. The highest BCUT2D eigenvalue weighted by Gasteiger charge is 2.22. The first-order valence-corrected chi connectivity index (χ1v) is 10.5. The summed E-state index contributed by atoms with van der Waals surface area (Å²) in [6.45, 7) is 5.91. The number of ether oxygens (including phenoxy) is 2. The summed E-state index contributed by atoms with van der Waals surface area (Å²) in [6, 6.07) is 7.80. The summed E-state index contributed by atoms with van der Waals surface area (Å²) in [7, 11) is 1.75. The van der Waals surface area contributed by atoms with Gasteiger partial charge in [0.15, 0.2) is 11.7 Å². The van der Waals surface area contributed by atoms with Crippen LogP contribution in [0.15, 0.2) is 39.9 Å². The van der Waals surface area contributed by atoms with Crippen molar-refractivity contribution in [1.29, 1.82) is 0 Å². The third-order valence-electron chi connectivity index (χ3n) is 4.98. The van der Waals surface area contributed by atoms with Gasteiger partial charge in [0, 0.05) is 44.1 Å². The number of H-pyrrole nitrogens is 1. The summed E-state index contributed by atoms with van der Waals surface area (Å²) >= 11 is 0. The maximum absolute atomic E-state index is 5.90. The van der Waals surface area contributed by atoms with E-state index in [1.807, 2.05) is 19.1 Å². The molecule has 1 aliphatic rings. The minimum atomic E-state index is 0.200. The molecule has 2 aromatic heterocycles. The number of benzene rings is 1. The summed E-state index contributed by atoms with van der Waals surface area (Å²) in [5.41, 5.74) is 2.24. The molecule has 0 aliphatic carbocycles. The van der Waals surface area contributed by atoms with Crippen LogP contribution in [-0.4, -0.2) is 47.4 Å². The van der Waals surface area contributed by atoms with Crippen molar-refractivity contribution in [2.45, 2.75) is 39.3 Å². The molecule has 164 valence electrons. The lowest BCUT2D eigenvalue weighted by Gasteiger charge is -2.15. The molecule has 0 radical (unpaired) electrons. The Morgan fingerprint density at radius 1 is 1.35 bits per heavy atom. The fourth-order valence-electron chi connectivity index (χ4n) is 3.53. The standard InChI is InChI=1S/C22H28N6O3/c1-4-29-18-11-15-10-14(2)31-19(15)12-16(18)13-25-22(23-3)24-8-7-20-26-21(28-27-20)17-6-5-9-30-17/h5-6,9,11-12,14H,4,7-8,10,13H2,1-3H3,(H2,23,24,25)(H,26,27,28). The number of rotatable bonds is 8. The molecule has 0 amide bonds. The Hall–Kier alpha value is -3.49. The van der Waals surface area contributed by atoms with Crippen molar-refractivity contribution in [2.75, 3.05) is 20.2 Å². The molecule has 1 aromatic carbocycles. The number of hydrogen-bond donors (Lipinski definition) is 3. The van der Waals surface area contributed by atoms with Crippen LogP contribution in [-0.2, 0) is 19.4 Å². The monoisotopic (exact) mass is 424 g/mol. The molecular weight excluding hydrogens is 396 g/mol. The zero-order chi connectivity index (χ0) is 21.6. The number of nitrogens with one attached hydrogen (secondary N) is 3. The Morgan fingerprint density at radius 2 is 2.26 bits per heavy atom. The van der Waals surface area contributed by atoms with Gasteiger partial charge in [-0.05, 0) is 38.1 Å². The lowest BCUT2D eigenvalue weighted by atomic mass is 10.1. The van der Waals surface area contributed by atoms with Gasteiger partial charge in [0.1, 0.15) is 23.4 Å². The van der Waals surface area contributed by atoms with E-state index in [0.29, 0.717) is 43.7 Å². The second-order valence-corrected chi connectivity index (χ2v) is 7.32. The molecule has 0 fully saturated rings. The molecule has 4 rings (SSSR count). The zero-order valence-corrected chi connectivity index (χ0v) is 18.1. The third kappa shape index (κ3) is 4.99. The Kier molecular flexibility index (Phi) is 6.40. The van der Waals surface area contributed by atoms with Crippen molar-refractivity contribution in [1.82, 2.24) is 25.8 Å². The normalized spacial score (nSPS) is 15.5. The summed E-state index contributed by atoms with van der Waals surface area (Å²) in [5, 5.41) is 13.8. The highest BCUT2D eigenvalue weighted by Crippen LogP contribution is 2.35. The van der Waals surface area contributed by atoms with Crippen LogP contribution in [0.25, 0.3) is 11.6 Å². The summed E-state index contributed by atoms with van der Waals surface area (Å²) < 4.78 is 17.1. The fourth-order valence-corrected chi connectivity index (χ4v) is 3.53. The Bertz CT molecular complexity index is 1030. The first-order chi connectivity index (χ1) is 15.2. The number of nitrogens with zero attached hydrogens (tertiary/aromatic N) is 3. The van der Waals surface area contributed by atoms with Gasteiger partial charge in [-0.2, -0.15) is 5.10 Å². The van der Waals surface area contributed by atoms with Crippen LogP contribution in [0, 0.1) is 0 Å². The van der Waals surface area contributed by atoms with Crippen molar-refractivity contribution in [3.63, 3.8) is 0 Å². The molecule has 1 aliphatic heterocycles. The molecule has 0 saturated carbocycles. The first kappa shape index (κ1) is 20.8. The molecule has 3 N–H and O–H groups in total. The third-order valence-corrected chi connectivity index (χ3v) is 4.98. The van der Waals surface area contributed by atoms with Gasteiger partial charge < -0.3 is 24.5 Å². The van der Waals surface area contributed by atoms with Crippen molar-refractivity contribution in [3.8, 4) is 23.1 Å².